The van der Waals surface area contributed by atoms with Crippen LogP contribution in [-0.2, 0) is 10.3 Å². The zero-order chi connectivity index (χ0) is 22.1. The van der Waals surface area contributed by atoms with Crippen molar-refractivity contribution in [1.29, 1.82) is 0 Å². The highest BCUT2D eigenvalue weighted by molar-refractivity contribution is 7.08. The molecule has 1 saturated heterocycles. The molecule has 4 nitrogen and oxygen atoms in total. The molecule has 1 unspecified atom stereocenters. The second-order valence-electron chi connectivity index (χ2n) is 8.97. The normalized spacial score (nSPS) is 20.4. The van der Waals surface area contributed by atoms with E-state index in [9.17, 15) is 9.90 Å². The Morgan fingerprint density at radius 2 is 1.81 bits per heavy atom. The highest BCUT2D eigenvalue weighted by Gasteiger charge is 2.46. The Bertz CT molecular complexity index is 1010. The van der Waals surface area contributed by atoms with Gasteiger partial charge in [0.05, 0.1) is 11.6 Å². The van der Waals surface area contributed by atoms with Gasteiger partial charge in [-0.3, -0.25) is 0 Å². The quantitative estimate of drug-likeness (QED) is 0.489. The fraction of sp³-hybridized carbons (Fsp3) is 0.346. The number of cyclic esters (lactones) is 1. The summed E-state index contributed by atoms with van der Waals surface area (Å²) in [5.74, 6) is 0. The van der Waals surface area contributed by atoms with Gasteiger partial charge in [-0.25, -0.2) is 4.79 Å². The van der Waals surface area contributed by atoms with Crippen LogP contribution in [0.2, 0.25) is 0 Å². The van der Waals surface area contributed by atoms with Crippen LogP contribution in [0.1, 0.15) is 50.8 Å². The SMILES string of the molecule is C[C@@H](c1ccc(-c2ccsc2)cc1)N1CCC(CC(C)(C)O)(c2ccccc2)OC1=O. The van der Waals surface area contributed by atoms with Crippen LogP contribution in [0.15, 0.2) is 71.4 Å². The molecule has 31 heavy (non-hydrogen) atoms. The average molecular weight is 436 g/mol. The summed E-state index contributed by atoms with van der Waals surface area (Å²) >= 11 is 1.68. The number of carbonyl (C=O) groups is 1. The van der Waals surface area contributed by atoms with E-state index >= 15 is 0 Å². The minimum atomic E-state index is -0.957. The summed E-state index contributed by atoms with van der Waals surface area (Å²) in [6, 6.07) is 20.2. The van der Waals surface area contributed by atoms with Crippen molar-refractivity contribution in [3.05, 3.63) is 82.6 Å². The van der Waals surface area contributed by atoms with E-state index in [2.05, 4.69) is 41.1 Å². The van der Waals surface area contributed by atoms with Gasteiger partial charge in [0.2, 0.25) is 0 Å². The third-order valence-electron chi connectivity index (χ3n) is 6.01. The fourth-order valence-corrected chi connectivity index (χ4v) is 5.12. The Kier molecular flexibility index (Phi) is 5.91. The van der Waals surface area contributed by atoms with Crippen molar-refractivity contribution in [3.8, 4) is 11.1 Å². The predicted molar refractivity (Wildman–Crippen MR) is 125 cm³/mol. The lowest BCUT2D eigenvalue weighted by Gasteiger charge is -2.45. The van der Waals surface area contributed by atoms with Gasteiger partial charge in [-0.2, -0.15) is 11.3 Å². The molecule has 4 rings (SSSR count). The van der Waals surface area contributed by atoms with Gasteiger partial charge >= 0.3 is 6.09 Å². The maximum absolute atomic E-state index is 13.2. The summed E-state index contributed by atoms with van der Waals surface area (Å²) in [5, 5.41) is 14.7. The molecule has 1 amide bonds. The standard InChI is InChI=1S/C26H29NO3S/c1-19(20-9-11-21(12-10-20)22-13-16-31-17-22)27-15-14-26(30-24(27)28,18-25(2,3)29)23-7-5-4-6-8-23/h4-13,16-17,19,29H,14-15,18H2,1-3H3/t19-,26?/m0/s1. The van der Waals surface area contributed by atoms with Crippen LogP contribution >= 0.6 is 11.3 Å². The van der Waals surface area contributed by atoms with Crippen molar-refractivity contribution in [3.63, 3.8) is 0 Å². The molecular formula is C26H29NO3S. The monoisotopic (exact) mass is 435 g/mol. The minimum absolute atomic E-state index is 0.0973. The molecule has 1 N–H and O–H groups in total. The summed E-state index contributed by atoms with van der Waals surface area (Å²) in [6.45, 7) is 6.12. The van der Waals surface area contributed by atoms with Crippen LogP contribution < -0.4 is 0 Å². The van der Waals surface area contributed by atoms with E-state index < -0.39 is 11.2 Å². The van der Waals surface area contributed by atoms with Crippen molar-refractivity contribution in [1.82, 2.24) is 4.90 Å². The van der Waals surface area contributed by atoms with Crippen LogP contribution in [-0.4, -0.2) is 28.2 Å². The van der Waals surface area contributed by atoms with Crippen LogP contribution in [0, 0.1) is 0 Å². The van der Waals surface area contributed by atoms with E-state index in [1.807, 2.05) is 37.3 Å². The average Bonchev–Trinajstić information content (AvgIpc) is 3.28. The predicted octanol–water partition coefficient (Wildman–Crippen LogP) is 6.37. The number of carbonyl (C=O) groups excluding carboxylic acids is 1. The molecule has 0 spiro atoms. The first-order chi connectivity index (χ1) is 14.8. The third kappa shape index (κ3) is 4.68. The third-order valence-corrected chi connectivity index (χ3v) is 6.69. The van der Waals surface area contributed by atoms with E-state index in [1.54, 1.807) is 30.1 Å². The lowest BCUT2D eigenvalue weighted by atomic mass is 9.80. The molecule has 5 heteroatoms. The lowest BCUT2D eigenvalue weighted by molar-refractivity contribution is -0.101. The molecular weight excluding hydrogens is 406 g/mol. The van der Waals surface area contributed by atoms with Crippen molar-refractivity contribution in [2.45, 2.75) is 50.9 Å². The molecule has 3 aromatic rings. The Balaban J connectivity index is 1.54. The number of hydrogen-bond donors (Lipinski definition) is 1. The zero-order valence-corrected chi connectivity index (χ0v) is 19.1. The molecule has 0 radical (unpaired) electrons. The molecule has 1 aliphatic rings. The van der Waals surface area contributed by atoms with Crippen molar-refractivity contribution in [2.75, 3.05) is 6.54 Å². The first-order valence-corrected chi connectivity index (χ1v) is 11.6. The summed E-state index contributed by atoms with van der Waals surface area (Å²) in [6.07, 6.45) is 0.644. The van der Waals surface area contributed by atoms with E-state index in [4.69, 9.17) is 4.74 Å². The molecule has 1 fully saturated rings. The van der Waals surface area contributed by atoms with Gasteiger partial charge in [0.25, 0.3) is 0 Å². The highest BCUT2D eigenvalue weighted by atomic mass is 32.1. The Morgan fingerprint density at radius 1 is 1.10 bits per heavy atom. The van der Waals surface area contributed by atoms with Crippen LogP contribution in [0.5, 0.6) is 0 Å². The number of hydrogen-bond acceptors (Lipinski definition) is 4. The Labute approximate surface area is 188 Å². The number of benzene rings is 2. The second kappa shape index (κ2) is 8.48. The Hall–Kier alpha value is -2.63. The molecule has 2 aromatic carbocycles. The second-order valence-corrected chi connectivity index (χ2v) is 9.75. The molecule has 0 saturated carbocycles. The number of thiophene rings is 1. The summed E-state index contributed by atoms with van der Waals surface area (Å²) in [4.78, 5) is 14.9. The summed E-state index contributed by atoms with van der Waals surface area (Å²) in [7, 11) is 0. The van der Waals surface area contributed by atoms with Crippen LogP contribution in [0.4, 0.5) is 4.79 Å². The number of amides is 1. The first-order valence-electron chi connectivity index (χ1n) is 10.7. The van der Waals surface area contributed by atoms with Gasteiger partial charge in [-0.15, -0.1) is 0 Å². The largest absolute Gasteiger partial charge is 0.438 e. The van der Waals surface area contributed by atoms with Crippen molar-refractivity contribution >= 4 is 17.4 Å². The number of aliphatic hydroxyl groups is 1. The van der Waals surface area contributed by atoms with E-state index in [1.165, 1.54) is 11.1 Å². The van der Waals surface area contributed by atoms with Crippen molar-refractivity contribution < 1.29 is 14.6 Å². The summed E-state index contributed by atoms with van der Waals surface area (Å²) in [5.41, 5.74) is 2.60. The molecule has 1 aromatic heterocycles. The van der Waals surface area contributed by atoms with Crippen LogP contribution in [0.3, 0.4) is 0 Å². The molecule has 2 atom stereocenters. The Morgan fingerprint density at radius 3 is 2.39 bits per heavy atom. The number of rotatable bonds is 6. The first kappa shape index (κ1) is 21.6. The van der Waals surface area contributed by atoms with Gasteiger partial charge in [0, 0.05) is 19.4 Å². The van der Waals surface area contributed by atoms with Gasteiger partial charge in [0.15, 0.2) is 0 Å². The van der Waals surface area contributed by atoms with Gasteiger partial charge in [0.1, 0.15) is 5.60 Å². The molecule has 1 aliphatic heterocycles. The van der Waals surface area contributed by atoms with Gasteiger partial charge in [-0.1, -0.05) is 54.6 Å². The lowest BCUT2D eigenvalue weighted by Crippen LogP contribution is -2.51. The number of ether oxygens (including phenoxy) is 1. The van der Waals surface area contributed by atoms with E-state index in [0.29, 0.717) is 19.4 Å². The fourth-order valence-electron chi connectivity index (χ4n) is 4.45. The zero-order valence-electron chi connectivity index (χ0n) is 18.2. The smallest absolute Gasteiger partial charge is 0.411 e. The molecule has 0 aliphatic carbocycles. The molecule has 0 bridgehead atoms. The van der Waals surface area contributed by atoms with Gasteiger partial charge < -0.3 is 14.7 Å². The topological polar surface area (TPSA) is 49.8 Å². The highest BCUT2D eigenvalue weighted by Crippen LogP contribution is 2.42. The maximum atomic E-state index is 13.2. The molecule has 162 valence electrons. The van der Waals surface area contributed by atoms with E-state index in [0.717, 1.165) is 11.1 Å². The van der Waals surface area contributed by atoms with Crippen LogP contribution in [0.25, 0.3) is 11.1 Å². The molecule has 2 heterocycles. The number of nitrogens with zero attached hydrogens (tertiary/aromatic N) is 1. The summed E-state index contributed by atoms with van der Waals surface area (Å²) < 4.78 is 6.10. The van der Waals surface area contributed by atoms with E-state index in [-0.39, 0.29) is 12.1 Å². The maximum Gasteiger partial charge on any atom is 0.411 e. The van der Waals surface area contributed by atoms with Gasteiger partial charge in [-0.05, 0) is 59.9 Å². The van der Waals surface area contributed by atoms with Crippen molar-refractivity contribution in [2.24, 2.45) is 0 Å². The minimum Gasteiger partial charge on any atom is -0.438 e.